The van der Waals surface area contributed by atoms with Crippen molar-refractivity contribution in [1.29, 1.82) is 0 Å². The lowest BCUT2D eigenvalue weighted by Crippen LogP contribution is -2.38. The van der Waals surface area contributed by atoms with E-state index in [1.165, 1.54) is 4.90 Å². The number of rotatable bonds is 4. The van der Waals surface area contributed by atoms with Gasteiger partial charge in [-0.25, -0.2) is 4.79 Å². The topological polar surface area (TPSA) is 52.6 Å². The number of nitrogens with one attached hydrogen (secondary N) is 1. The number of hydrogen-bond donors (Lipinski definition) is 2. The molecule has 2 amide bonds. The van der Waals surface area contributed by atoms with Crippen molar-refractivity contribution in [3.05, 3.63) is 29.8 Å². The van der Waals surface area contributed by atoms with Crippen LogP contribution in [0.1, 0.15) is 18.9 Å². The molecule has 1 fully saturated rings. The lowest BCUT2D eigenvalue weighted by Gasteiger charge is -2.18. The van der Waals surface area contributed by atoms with Gasteiger partial charge in [0.2, 0.25) is 0 Å². The zero-order valence-electron chi connectivity index (χ0n) is 12.0. The number of urea groups is 1. The third-order valence-electron chi connectivity index (χ3n) is 3.80. The second-order valence-corrected chi connectivity index (χ2v) is 6.12. The Kier molecular flexibility index (Phi) is 5.31. The standard InChI is InChI=1S/C15H22N2O2S/c1-11(18)13-7-8-17(10-13)15(19)16-9-12-3-5-14(20-2)6-4-12/h3-6,11,13,18H,7-10H2,1-2H3,(H,16,19)/t11-,13-/m1/s1. The fraction of sp³-hybridized carbons (Fsp3) is 0.533. The molecule has 1 aliphatic heterocycles. The van der Waals surface area contributed by atoms with Gasteiger partial charge in [-0.15, -0.1) is 11.8 Å². The molecule has 4 nitrogen and oxygen atoms in total. The molecule has 2 atom stereocenters. The molecule has 0 aliphatic carbocycles. The Balaban J connectivity index is 1.80. The zero-order chi connectivity index (χ0) is 14.5. The van der Waals surface area contributed by atoms with Crippen LogP contribution in [0.25, 0.3) is 0 Å². The predicted molar refractivity (Wildman–Crippen MR) is 81.8 cm³/mol. The van der Waals surface area contributed by atoms with Gasteiger partial charge in [0.15, 0.2) is 0 Å². The first-order valence-corrected chi connectivity index (χ1v) is 8.16. The summed E-state index contributed by atoms with van der Waals surface area (Å²) in [5, 5.41) is 12.5. The van der Waals surface area contributed by atoms with E-state index in [0.717, 1.165) is 18.5 Å². The molecule has 1 saturated heterocycles. The quantitative estimate of drug-likeness (QED) is 0.838. The van der Waals surface area contributed by atoms with Gasteiger partial charge < -0.3 is 15.3 Å². The Morgan fingerprint density at radius 2 is 2.20 bits per heavy atom. The number of likely N-dealkylation sites (tertiary alicyclic amines) is 1. The Morgan fingerprint density at radius 3 is 2.75 bits per heavy atom. The monoisotopic (exact) mass is 294 g/mol. The first kappa shape index (κ1) is 15.2. The number of thioether (sulfide) groups is 1. The SMILES string of the molecule is CSc1ccc(CNC(=O)N2CC[C@@H]([C@@H](C)O)C2)cc1. The van der Waals surface area contributed by atoms with Gasteiger partial charge >= 0.3 is 6.03 Å². The molecule has 20 heavy (non-hydrogen) atoms. The first-order valence-electron chi connectivity index (χ1n) is 6.94. The van der Waals surface area contributed by atoms with Crippen LogP contribution < -0.4 is 5.32 Å². The van der Waals surface area contributed by atoms with Gasteiger partial charge in [0, 0.05) is 30.4 Å². The number of hydrogen-bond acceptors (Lipinski definition) is 3. The third-order valence-corrected chi connectivity index (χ3v) is 4.54. The highest BCUT2D eigenvalue weighted by atomic mass is 32.2. The Bertz CT molecular complexity index is 448. The van der Waals surface area contributed by atoms with E-state index in [2.05, 4.69) is 17.4 Å². The molecule has 0 unspecified atom stereocenters. The summed E-state index contributed by atoms with van der Waals surface area (Å²) >= 11 is 1.71. The molecule has 2 rings (SSSR count). The van der Waals surface area contributed by atoms with E-state index in [9.17, 15) is 9.90 Å². The van der Waals surface area contributed by atoms with E-state index < -0.39 is 0 Å². The average Bonchev–Trinajstić information content (AvgIpc) is 2.95. The van der Waals surface area contributed by atoms with Crippen molar-refractivity contribution >= 4 is 17.8 Å². The molecule has 5 heteroatoms. The Hall–Kier alpha value is -1.20. The number of carbonyl (C=O) groups excluding carboxylic acids is 1. The van der Waals surface area contributed by atoms with Crippen molar-refractivity contribution in [3.63, 3.8) is 0 Å². The van der Waals surface area contributed by atoms with E-state index in [4.69, 9.17) is 0 Å². The van der Waals surface area contributed by atoms with Crippen LogP contribution in [0.4, 0.5) is 4.79 Å². The van der Waals surface area contributed by atoms with Gasteiger partial charge in [0.05, 0.1) is 6.10 Å². The van der Waals surface area contributed by atoms with Crippen molar-refractivity contribution in [2.45, 2.75) is 30.9 Å². The number of aliphatic hydroxyl groups is 1. The summed E-state index contributed by atoms with van der Waals surface area (Å²) in [4.78, 5) is 15.0. The van der Waals surface area contributed by atoms with Crippen LogP contribution in [0.5, 0.6) is 0 Å². The lowest BCUT2D eigenvalue weighted by molar-refractivity contribution is 0.129. The lowest BCUT2D eigenvalue weighted by atomic mass is 10.0. The fourth-order valence-corrected chi connectivity index (χ4v) is 2.81. The number of nitrogens with zero attached hydrogens (tertiary/aromatic N) is 1. The summed E-state index contributed by atoms with van der Waals surface area (Å²) < 4.78 is 0. The van der Waals surface area contributed by atoms with Gasteiger partial charge in [0.25, 0.3) is 0 Å². The van der Waals surface area contributed by atoms with Crippen LogP contribution in [0, 0.1) is 5.92 Å². The maximum Gasteiger partial charge on any atom is 0.317 e. The van der Waals surface area contributed by atoms with Crippen LogP contribution in [0.2, 0.25) is 0 Å². The molecular weight excluding hydrogens is 272 g/mol. The van der Waals surface area contributed by atoms with Crippen molar-refractivity contribution in [1.82, 2.24) is 10.2 Å². The summed E-state index contributed by atoms with van der Waals surface area (Å²) in [5.41, 5.74) is 1.10. The van der Waals surface area contributed by atoms with E-state index in [-0.39, 0.29) is 18.1 Å². The number of amides is 2. The first-order chi connectivity index (χ1) is 9.60. The Labute approximate surface area is 124 Å². The molecule has 110 valence electrons. The van der Waals surface area contributed by atoms with E-state index >= 15 is 0 Å². The van der Waals surface area contributed by atoms with Gasteiger partial charge in [-0.3, -0.25) is 0 Å². The highest BCUT2D eigenvalue weighted by Gasteiger charge is 2.28. The second-order valence-electron chi connectivity index (χ2n) is 5.24. The van der Waals surface area contributed by atoms with Crippen molar-refractivity contribution < 1.29 is 9.90 Å². The van der Waals surface area contributed by atoms with E-state index in [1.54, 1.807) is 23.6 Å². The van der Waals surface area contributed by atoms with Crippen LogP contribution in [0.15, 0.2) is 29.2 Å². The van der Waals surface area contributed by atoms with E-state index in [1.807, 2.05) is 18.4 Å². The van der Waals surface area contributed by atoms with Gasteiger partial charge in [-0.1, -0.05) is 12.1 Å². The average molecular weight is 294 g/mol. The number of carbonyl (C=O) groups is 1. The van der Waals surface area contributed by atoms with Gasteiger partial charge in [-0.2, -0.15) is 0 Å². The summed E-state index contributed by atoms with van der Waals surface area (Å²) in [6, 6.07) is 8.16. The maximum atomic E-state index is 12.0. The van der Waals surface area contributed by atoms with E-state index in [0.29, 0.717) is 13.1 Å². The summed E-state index contributed by atoms with van der Waals surface area (Å²) in [6.07, 6.45) is 2.59. The number of aliphatic hydroxyl groups excluding tert-OH is 1. The molecule has 1 aliphatic rings. The van der Waals surface area contributed by atoms with Crippen molar-refractivity contribution in [3.8, 4) is 0 Å². The molecule has 2 N–H and O–H groups in total. The minimum Gasteiger partial charge on any atom is -0.393 e. The molecule has 0 radical (unpaired) electrons. The van der Waals surface area contributed by atoms with Crippen LogP contribution in [-0.4, -0.2) is 41.5 Å². The van der Waals surface area contributed by atoms with Crippen LogP contribution in [-0.2, 0) is 6.54 Å². The molecule has 1 heterocycles. The maximum absolute atomic E-state index is 12.0. The van der Waals surface area contributed by atoms with Gasteiger partial charge in [0.1, 0.15) is 0 Å². The molecular formula is C15H22N2O2S. The fourth-order valence-electron chi connectivity index (χ4n) is 2.40. The largest absolute Gasteiger partial charge is 0.393 e. The second kappa shape index (κ2) is 6.99. The molecule has 0 saturated carbocycles. The molecule has 0 bridgehead atoms. The summed E-state index contributed by atoms with van der Waals surface area (Å²) in [7, 11) is 0. The highest BCUT2D eigenvalue weighted by Crippen LogP contribution is 2.19. The van der Waals surface area contributed by atoms with Crippen LogP contribution in [0.3, 0.4) is 0 Å². The Morgan fingerprint density at radius 1 is 1.50 bits per heavy atom. The normalized spacial score (nSPS) is 19.9. The minimum absolute atomic E-state index is 0.0397. The highest BCUT2D eigenvalue weighted by molar-refractivity contribution is 7.98. The molecule has 1 aromatic rings. The number of benzene rings is 1. The zero-order valence-corrected chi connectivity index (χ0v) is 12.8. The van der Waals surface area contributed by atoms with Gasteiger partial charge in [-0.05, 0) is 37.3 Å². The van der Waals surface area contributed by atoms with Crippen LogP contribution >= 0.6 is 11.8 Å². The van der Waals surface area contributed by atoms with Crippen molar-refractivity contribution in [2.24, 2.45) is 5.92 Å². The molecule has 1 aromatic carbocycles. The smallest absolute Gasteiger partial charge is 0.317 e. The summed E-state index contributed by atoms with van der Waals surface area (Å²) in [5.74, 6) is 0.210. The molecule has 0 spiro atoms. The minimum atomic E-state index is -0.341. The van der Waals surface area contributed by atoms with Crippen molar-refractivity contribution in [2.75, 3.05) is 19.3 Å². The molecule has 0 aromatic heterocycles. The summed E-state index contributed by atoms with van der Waals surface area (Å²) in [6.45, 7) is 3.71. The third kappa shape index (κ3) is 3.90. The predicted octanol–water partition coefficient (Wildman–Crippen LogP) is 2.32.